The van der Waals surface area contributed by atoms with Gasteiger partial charge in [-0.3, -0.25) is 0 Å². The van der Waals surface area contributed by atoms with E-state index in [0.29, 0.717) is 12.1 Å². The smallest absolute Gasteiger partial charge is 0.134 e. The average Bonchev–Trinajstić information content (AvgIpc) is 2.77. The molecule has 0 saturated heterocycles. The third-order valence-corrected chi connectivity index (χ3v) is 4.26. The minimum absolute atomic E-state index is 0.349. The lowest BCUT2D eigenvalue weighted by molar-refractivity contribution is 0.387. The van der Waals surface area contributed by atoms with Gasteiger partial charge in [-0.15, -0.1) is 21.5 Å². The van der Waals surface area contributed by atoms with E-state index < -0.39 is 0 Å². The van der Waals surface area contributed by atoms with Crippen LogP contribution >= 0.6 is 11.3 Å². The van der Waals surface area contributed by atoms with Crippen LogP contribution in [0, 0.1) is 12.8 Å². The molecule has 0 spiro atoms. The summed E-state index contributed by atoms with van der Waals surface area (Å²) in [5.74, 6) is 0.807. The maximum absolute atomic E-state index is 4.19. The second-order valence-corrected chi connectivity index (χ2v) is 5.78. The molecule has 3 nitrogen and oxygen atoms in total. The molecule has 3 unspecified atom stereocenters. The number of rotatable bonds is 3. The predicted octanol–water partition coefficient (Wildman–Crippen LogP) is 2.69. The van der Waals surface area contributed by atoms with E-state index in [4.69, 9.17) is 0 Å². The molecule has 0 aliphatic heterocycles. The number of aromatic nitrogens is 2. The molecular formula is C11H19N3S. The first kappa shape index (κ1) is 11.0. The van der Waals surface area contributed by atoms with E-state index in [0.717, 1.165) is 15.9 Å². The van der Waals surface area contributed by atoms with Crippen LogP contribution in [-0.4, -0.2) is 16.2 Å². The normalized spacial score (nSPS) is 28.2. The minimum atomic E-state index is 0.349. The van der Waals surface area contributed by atoms with E-state index in [1.54, 1.807) is 11.3 Å². The van der Waals surface area contributed by atoms with Crippen LogP contribution in [0.2, 0.25) is 0 Å². The maximum Gasteiger partial charge on any atom is 0.134 e. The zero-order chi connectivity index (χ0) is 10.8. The molecule has 0 bridgehead atoms. The molecule has 1 aliphatic carbocycles. The molecular weight excluding hydrogens is 206 g/mol. The highest BCUT2D eigenvalue weighted by Crippen LogP contribution is 2.27. The van der Waals surface area contributed by atoms with E-state index in [1.807, 2.05) is 6.92 Å². The van der Waals surface area contributed by atoms with Crippen molar-refractivity contribution in [2.24, 2.45) is 5.92 Å². The number of nitrogens with one attached hydrogen (secondary N) is 1. The summed E-state index contributed by atoms with van der Waals surface area (Å²) in [7, 11) is 0. The summed E-state index contributed by atoms with van der Waals surface area (Å²) in [5, 5.41) is 14.1. The van der Waals surface area contributed by atoms with Crippen molar-refractivity contribution in [1.29, 1.82) is 0 Å². The Morgan fingerprint density at radius 3 is 2.73 bits per heavy atom. The Bertz CT molecular complexity index is 323. The molecule has 1 aromatic rings. The van der Waals surface area contributed by atoms with Gasteiger partial charge in [-0.05, 0) is 32.6 Å². The molecule has 0 radical (unpaired) electrons. The molecule has 0 amide bonds. The molecule has 1 aliphatic rings. The quantitative estimate of drug-likeness (QED) is 0.859. The van der Waals surface area contributed by atoms with Gasteiger partial charge in [0, 0.05) is 6.04 Å². The highest BCUT2D eigenvalue weighted by Gasteiger charge is 2.25. The Hall–Kier alpha value is -0.480. The van der Waals surface area contributed by atoms with Crippen LogP contribution in [0.5, 0.6) is 0 Å². The lowest BCUT2D eigenvalue weighted by Gasteiger charge is -2.21. The second-order valence-electron chi connectivity index (χ2n) is 4.56. The molecule has 4 heteroatoms. The Labute approximate surface area is 95.3 Å². The fraction of sp³-hybridized carbons (Fsp3) is 0.818. The van der Waals surface area contributed by atoms with E-state index >= 15 is 0 Å². The van der Waals surface area contributed by atoms with Crippen LogP contribution in [0.15, 0.2) is 0 Å². The van der Waals surface area contributed by atoms with Gasteiger partial charge in [0.2, 0.25) is 0 Å². The molecule has 3 atom stereocenters. The molecule has 1 N–H and O–H groups in total. The lowest BCUT2D eigenvalue weighted by Crippen LogP contribution is -2.33. The Balaban J connectivity index is 1.94. The molecule has 1 saturated carbocycles. The van der Waals surface area contributed by atoms with Gasteiger partial charge >= 0.3 is 0 Å². The van der Waals surface area contributed by atoms with Gasteiger partial charge < -0.3 is 5.32 Å². The topological polar surface area (TPSA) is 37.8 Å². The van der Waals surface area contributed by atoms with E-state index in [2.05, 4.69) is 29.4 Å². The van der Waals surface area contributed by atoms with Gasteiger partial charge in [-0.25, -0.2) is 0 Å². The van der Waals surface area contributed by atoms with Crippen molar-refractivity contribution < 1.29 is 0 Å². The van der Waals surface area contributed by atoms with Crippen molar-refractivity contribution >= 4 is 11.3 Å². The highest BCUT2D eigenvalue weighted by atomic mass is 32.1. The zero-order valence-corrected chi connectivity index (χ0v) is 10.5. The molecule has 2 rings (SSSR count). The first-order valence-electron chi connectivity index (χ1n) is 5.73. The second kappa shape index (κ2) is 4.58. The highest BCUT2D eigenvalue weighted by molar-refractivity contribution is 7.11. The van der Waals surface area contributed by atoms with E-state index in [9.17, 15) is 0 Å². The van der Waals surface area contributed by atoms with Crippen molar-refractivity contribution in [1.82, 2.24) is 15.5 Å². The van der Waals surface area contributed by atoms with Crippen molar-refractivity contribution in [3.05, 3.63) is 10.0 Å². The third kappa shape index (κ3) is 2.55. The van der Waals surface area contributed by atoms with Gasteiger partial charge in [0.25, 0.3) is 0 Å². The first-order valence-corrected chi connectivity index (χ1v) is 6.54. The molecule has 15 heavy (non-hydrogen) atoms. The Morgan fingerprint density at radius 1 is 1.40 bits per heavy atom. The van der Waals surface area contributed by atoms with Crippen LogP contribution < -0.4 is 5.32 Å². The molecule has 84 valence electrons. The number of nitrogens with zero attached hydrogens (tertiary/aromatic N) is 2. The SMILES string of the molecule is Cc1nnc(C(C)NC2CCCC2C)s1. The average molecular weight is 225 g/mol. The third-order valence-electron chi connectivity index (χ3n) is 3.24. The van der Waals surface area contributed by atoms with Gasteiger partial charge in [0.15, 0.2) is 0 Å². The standard InChI is InChI=1S/C11H19N3S/c1-7-5-4-6-10(7)12-8(2)11-14-13-9(3)15-11/h7-8,10,12H,4-6H2,1-3H3. The lowest BCUT2D eigenvalue weighted by atomic mass is 10.1. The van der Waals surface area contributed by atoms with Gasteiger partial charge in [-0.2, -0.15) is 0 Å². The summed E-state index contributed by atoms with van der Waals surface area (Å²) in [5.41, 5.74) is 0. The largest absolute Gasteiger partial charge is 0.305 e. The Morgan fingerprint density at radius 2 is 2.20 bits per heavy atom. The van der Waals surface area contributed by atoms with Crippen LogP contribution in [0.3, 0.4) is 0 Å². The van der Waals surface area contributed by atoms with Gasteiger partial charge in [0.05, 0.1) is 6.04 Å². The molecule has 1 heterocycles. The minimum Gasteiger partial charge on any atom is -0.305 e. The van der Waals surface area contributed by atoms with E-state index in [1.165, 1.54) is 19.3 Å². The van der Waals surface area contributed by atoms with Gasteiger partial charge in [-0.1, -0.05) is 13.3 Å². The van der Waals surface area contributed by atoms with Crippen molar-refractivity contribution in [2.75, 3.05) is 0 Å². The summed E-state index contributed by atoms with van der Waals surface area (Å²) >= 11 is 1.70. The summed E-state index contributed by atoms with van der Waals surface area (Å²) < 4.78 is 0. The fourth-order valence-electron chi connectivity index (χ4n) is 2.27. The summed E-state index contributed by atoms with van der Waals surface area (Å²) in [6.07, 6.45) is 4.03. The van der Waals surface area contributed by atoms with Crippen molar-refractivity contribution in [2.45, 2.75) is 52.1 Å². The molecule has 1 aromatic heterocycles. The fourth-order valence-corrected chi connectivity index (χ4v) is 2.98. The van der Waals surface area contributed by atoms with Crippen molar-refractivity contribution in [3.63, 3.8) is 0 Å². The summed E-state index contributed by atoms with van der Waals surface area (Å²) in [6, 6.07) is 1.02. The first-order chi connectivity index (χ1) is 7.16. The summed E-state index contributed by atoms with van der Waals surface area (Å²) in [4.78, 5) is 0. The maximum atomic E-state index is 4.19. The monoisotopic (exact) mass is 225 g/mol. The molecule has 1 fully saturated rings. The number of hydrogen-bond donors (Lipinski definition) is 1. The number of hydrogen-bond acceptors (Lipinski definition) is 4. The van der Waals surface area contributed by atoms with Gasteiger partial charge in [0.1, 0.15) is 10.0 Å². The molecule has 0 aromatic carbocycles. The van der Waals surface area contributed by atoms with Crippen LogP contribution in [0.1, 0.15) is 49.2 Å². The van der Waals surface area contributed by atoms with Crippen molar-refractivity contribution in [3.8, 4) is 0 Å². The Kier molecular flexibility index (Phi) is 3.36. The zero-order valence-electron chi connectivity index (χ0n) is 9.66. The van der Waals surface area contributed by atoms with E-state index in [-0.39, 0.29) is 0 Å². The predicted molar refractivity (Wildman–Crippen MR) is 63.0 cm³/mol. The van der Waals surface area contributed by atoms with Crippen LogP contribution in [0.25, 0.3) is 0 Å². The number of aryl methyl sites for hydroxylation is 1. The summed E-state index contributed by atoms with van der Waals surface area (Å²) in [6.45, 7) is 6.53. The van der Waals surface area contributed by atoms with Crippen LogP contribution in [-0.2, 0) is 0 Å². The van der Waals surface area contributed by atoms with Crippen LogP contribution in [0.4, 0.5) is 0 Å².